The van der Waals surface area contributed by atoms with E-state index in [2.05, 4.69) is 4.90 Å². The molecule has 2 nitrogen and oxygen atoms in total. The Kier molecular flexibility index (Phi) is 4.25. The molecule has 20 heavy (non-hydrogen) atoms. The minimum Gasteiger partial charge on any atom is -0.396 e. The van der Waals surface area contributed by atoms with Gasteiger partial charge in [-0.2, -0.15) is 0 Å². The number of hydrogen-bond acceptors (Lipinski definition) is 2. The summed E-state index contributed by atoms with van der Waals surface area (Å²) in [6.07, 6.45) is 9.22. The normalized spacial score (nSPS) is 21.9. The molecule has 2 aliphatic rings. The fraction of sp³-hybridized carbons (Fsp3) is 0.647. The van der Waals surface area contributed by atoms with E-state index in [1.165, 1.54) is 69.7 Å². The van der Waals surface area contributed by atoms with Crippen molar-refractivity contribution in [2.75, 3.05) is 18.8 Å². The number of rotatable bonds is 5. The topological polar surface area (TPSA) is 29.3 Å². The van der Waals surface area contributed by atoms with Crippen LogP contribution in [0.1, 0.15) is 56.6 Å². The smallest absolute Gasteiger partial charge is 0.146 e. The minimum atomic E-state index is -0.298. The molecule has 1 heterocycles. The molecule has 2 fully saturated rings. The van der Waals surface area contributed by atoms with Gasteiger partial charge in [0.15, 0.2) is 0 Å². The van der Waals surface area contributed by atoms with Gasteiger partial charge in [0.25, 0.3) is 0 Å². The highest BCUT2D eigenvalue weighted by Crippen LogP contribution is 2.38. The molecule has 0 spiro atoms. The molecule has 0 aromatic heterocycles. The van der Waals surface area contributed by atoms with Crippen molar-refractivity contribution in [2.24, 2.45) is 5.92 Å². The predicted octanol–water partition coefficient (Wildman–Crippen LogP) is 4.13. The van der Waals surface area contributed by atoms with Crippen LogP contribution in [0.25, 0.3) is 0 Å². The number of hydrogen-bond donors (Lipinski definition) is 1. The van der Waals surface area contributed by atoms with E-state index in [9.17, 15) is 4.39 Å². The molecule has 1 saturated carbocycles. The van der Waals surface area contributed by atoms with Gasteiger partial charge in [0.1, 0.15) is 5.82 Å². The first-order valence-corrected chi connectivity index (χ1v) is 8.03. The van der Waals surface area contributed by atoms with Gasteiger partial charge in [-0.05, 0) is 62.4 Å². The van der Waals surface area contributed by atoms with Crippen LogP contribution in [0.4, 0.5) is 10.1 Å². The zero-order chi connectivity index (χ0) is 13.9. The summed E-state index contributed by atoms with van der Waals surface area (Å²) in [7, 11) is 0. The van der Waals surface area contributed by atoms with Crippen LogP contribution in [-0.4, -0.2) is 18.0 Å². The standard InChI is InChI=1S/C17H25FN2/c18-15-8-7-14(12-16(15)19)17(9-6-13-4-5-13)20-10-2-1-3-11-20/h7-8,12-13,17H,1-6,9-11,19H2. The minimum absolute atomic E-state index is 0.288. The van der Waals surface area contributed by atoms with Crippen molar-refractivity contribution in [3.63, 3.8) is 0 Å². The van der Waals surface area contributed by atoms with Gasteiger partial charge in [-0.1, -0.05) is 25.3 Å². The Hall–Kier alpha value is -1.09. The average molecular weight is 276 g/mol. The van der Waals surface area contributed by atoms with Gasteiger partial charge in [0.05, 0.1) is 5.69 Å². The van der Waals surface area contributed by atoms with E-state index in [1.807, 2.05) is 12.1 Å². The van der Waals surface area contributed by atoms with Gasteiger partial charge in [-0.3, -0.25) is 4.90 Å². The molecule has 110 valence electrons. The second kappa shape index (κ2) is 6.13. The highest BCUT2D eigenvalue weighted by atomic mass is 19.1. The lowest BCUT2D eigenvalue weighted by Gasteiger charge is -2.35. The predicted molar refractivity (Wildman–Crippen MR) is 80.9 cm³/mol. The number of likely N-dealkylation sites (tertiary alicyclic amines) is 1. The average Bonchev–Trinajstić information content (AvgIpc) is 3.28. The van der Waals surface area contributed by atoms with Crippen LogP contribution >= 0.6 is 0 Å². The summed E-state index contributed by atoms with van der Waals surface area (Å²) in [5.74, 6) is 0.647. The maximum absolute atomic E-state index is 13.4. The maximum atomic E-state index is 13.4. The Morgan fingerprint density at radius 3 is 2.60 bits per heavy atom. The van der Waals surface area contributed by atoms with Crippen molar-refractivity contribution in [2.45, 2.75) is 51.0 Å². The Bertz CT molecular complexity index is 450. The highest BCUT2D eigenvalue weighted by Gasteiger charge is 2.27. The van der Waals surface area contributed by atoms with Crippen LogP contribution in [0.15, 0.2) is 18.2 Å². The highest BCUT2D eigenvalue weighted by molar-refractivity contribution is 5.43. The molecule has 1 aromatic rings. The largest absolute Gasteiger partial charge is 0.396 e. The second-order valence-corrected chi connectivity index (χ2v) is 6.41. The molecule has 1 atom stereocenters. The summed E-state index contributed by atoms with van der Waals surface area (Å²) < 4.78 is 13.4. The molecule has 1 aliphatic heterocycles. The fourth-order valence-corrected chi connectivity index (χ4v) is 3.36. The molecule has 0 amide bonds. The van der Waals surface area contributed by atoms with Gasteiger partial charge in [0.2, 0.25) is 0 Å². The van der Waals surface area contributed by atoms with Crippen molar-refractivity contribution in [3.8, 4) is 0 Å². The number of halogens is 1. The number of nitrogens with two attached hydrogens (primary N) is 1. The summed E-state index contributed by atoms with van der Waals surface area (Å²) in [6.45, 7) is 2.35. The van der Waals surface area contributed by atoms with Crippen molar-refractivity contribution in [3.05, 3.63) is 29.6 Å². The van der Waals surface area contributed by atoms with Crippen LogP contribution in [0, 0.1) is 11.7 Å². The third-order valence-corrected chi connectivity index (χ3v) is 4.78. The van der Waals surface area contributed by atoms with E-state index in [1.54, 1.807) is 0 Å². The molecular formula is C17H25FN2. The lowest BCUT2D eigenvalue weighted by molar-refractivity contribution is 0.152. The first kappa shape index (κ1) is 13.9. The molecule has 1 aliphatic carbocycles. The van der Waals surface area contributed by atoms with Crippen LogP contribution in [-0.2, 0) is 0 Å². The summed E-state index contributed by atoms with van der Waals surface area (Å²) in [6, 6.07) is 5.73. The molecule has 1 saturated heterocycles. The Morgan fingerprint density at radius 2 is 1.95 bits per heavy atom. The molecule has 1 aromatic carbocycles. The lowest BCUT2D eigenvalue weighted by atomic mass is 9.96. The van der Waals surface area contributed by atoms with E-state index in [-0.39, 0.29) is 11.5 Å². The van der Waals surface area contributed by atoms with Gasteiger partial charge in [-0.25, -0.2) is 4.39 Å². The molecular weight excluding hydrogens is 251 g/mol. The number of piperidine rings is 1. The van der Waals surface area contributed by atoms with Gasteiger partial charge in [0, 0.05) is 6.04 Å². The number of nitrogen functional groups attached to an aromatic ring is 1. The number of benzene rings is 1. The molecule has 0 radical (unpaired) electrons. The SMILES string of the molecule is Nc1cc(C(CCC2CC2)N2CCCCC2)ccc1F. The summed E-state index contributed by atoms with van der Waals surface area (Å²) in [5, 5.41) is 0. The van der Waals surface area contributed by atoms with Gasteiger partial charge in [-0.15, -0.1) is 0 Å². The summed E-state index contributed by atoms with van der Waals surface area (Å²) in [4.78, 5) is 2.58. The Labute approximate surface area is 121 Å². The first-order valence-electron chi connectivity index (χ1n) is 8.03. The maximum Gasteiger partial charge on any atom is 0.146 e. The van der Waals surface area contributed by atoms with Gasteiger partial charge < -0.3 is 5.73 Å². The zero-order valence-electron chi connectivity index (χ0n) is 12.2. The second-order valence-electron chi connectivity index (χ2n) is 6.41. The monoisotopic (exact) mass is 276 g/mol. The van der Waals surface area contributed by atoms with Crippen LogP contribution in [0.5, 0.6) is 0 Å². The van der Waals surface area contributed by atoms with Crippen LogP contribution in [0.3, 0.4) is 0 Å². The van der Waals surface area contributed by atoms with E-state index >= 15 is 0 Å². The molecule has 2 N–H and O–H groups in total. The van der Waals surface area contributed by atoms with E-state index in [0.29, 0.717) is 6.04 Å². The molecule has 3 heteroatoms. The van der Waals surface area contributed by atoms with E-state index < -0.39 is 0 Å². The first-order chi connectivity index (χ1) is 9.74. The molecule has 0 bridgehead atoms. The van der Waals surface area contributed by atoms with Crippen molar-refractivity contribution < 1.29 is 4.39 Å². The molecule has 1 unspecified atom stereocenters. The third kappa shape index (κ3) is 3.32. The van der Waals surface area contributed by atoms with Crippen molar-refractivity contribution in [1.29, 1.82) is 0 Å². The molecule has 3 rings (SSSR count). The van der Waals surface area contributed by atoms with E-state index in [4.69, 9.17) is 5.73 Å². The quantitative estimate of drug-likeness (QED) is 0.819. The summed E-state index contributed by atoms with van der Waals surface area (Å²) >= 11 is 0. The third-order valence-electron chi connectivity index (χ3n) is 4.78. The van der Waals surface area contributed by atoms with Gasteiger partial charge >= 0.3 is 0 Å². The Balaban J connectivity index is 1.76. The number of anilines is 1. The van der Waals surface area contributed by atoms with Crippen molar-refractivity contribution >= 4 is 5.69 Å². The van der Waals surface area contributed by atoms with Crippen LogP contribution in [0.2, 0.25) is 0 Å². The number of nitrogens with zero attached hydrogens (tertiary/aromatic N) is 1. The summed E-state index contributed by atoms with van der Waals surface area (Å²) in [5.41, 5.74) is 7.25. The zero-order valence-corrected chi connectivity index (χ0v) is 12.2. The van der Waals surface area contributed by atoms with Crippen LogP contribution < -0.4 is 5.73 Å². The fourth-order valence-electron chi connectivity index (χ4n) is 3.36. The van der Waals surface area contributed by atoms with Crippen molar-refractivity contribution in [1.82, 2.24) is 4.90 Å². The lowest BCUT2D eigenvalue weighted by Crippen LogP contribution is -2.34. The van der Waals surface area contributed by atoms with E-state index in [0.717, 1.165) is 5.92 Å². The Morgan fingerprint density at radius 1 is 1.20 bits per heavy atom.